The van der Waals surface area contributed by atoms with Crippen LogP contribution >= 0.6 is 0 Å². The van der Waals surface area contributed by atoms with Crippen LogP contribution in [0.3, 0.4) is 0 Å². The number of nitrogens with zero attached hydrogens (tertiary/aromatic N) is 2. The van der Waals surface area contributed by atoms with Crippen LogP contribution in [0, 0.1) is 18.8 Å². The van der Waals surface area contributed by atoms with Crippen molar-refractivity contribution >= 4 is 17.4 Å². The summed E-state index contributed by atoms with van der Waals surface area (Å²) in [5.74, 6) is 1.31. The number of carbonyl (C=O) groups is 2. The van der Waals surface area contributed by atoms with Crippen molar-refractivity contribution in [2.45, 2.75) is 47.1 Å². The van der Waals surface area contributed by atoms with Gasteiger partial charge in [-0.1, -0.05) is 62.7 Å². The molecule has 0 bridgehead atoms. The summed E-state index contributed by atoms with van der Waals surface area (Å²) in [6.45, 7) is 11.0. The molecule has 5 nitrogen and oxygen atoms in total. The minimum absolute atomic E-state index is 0.191. The molecule has 0 radical (unpaired) electrons. The summed E-state index contributed by atoms with van der Waals surface area (Å²) in [5.41, 5.74) is 3.93. The van der Waals surface area contributed by atoms with E-state index in [9.17, 15) is 9.59 Å². The van der Waals surface area contributed by atoms with Gasteiger partial charge in [0.15, 0.2) is 0 Å². The third kappa shape index (κ3) is 4.97. The normalized spacial score (nSPS) is 21.2. The first-order valence-electron chi connectivity index (χ1n) is 12.0. The second-order valence-electron chi connectivity index (χ2n) is 9.63. The maximum Gasteiger partial charge on any atom is 0.278 e. The first kappa shape index (κ1) is 23.1. The summed E-state index contributed by atoms with van der Waals surface area (Å²) >= 11 is 0. The van der Waals surface area contributed by atoms with E-state index in [2.05, 4.69) is 25.7 Å². The lowest BCUT2D eigenvalue weighted by Gasteiger charge is -2.37. The van der Waals surface area contributed by atoms with E-state index in [4.69, 9.17) is 4.74 Å². The number of aryl methyl sites for hydroxylation is 1. The third-order valence-corrected chi connectivity index (χ3v) is 6.41. The zero-order valence-corrected chi connectivity index (χ0v) is 20.1. The minimum atomic E-state index is -0.219. The van der Waals surface area contributed by atoms with Crippen LogP contribution in [-0.4, -0.2) is 41.3 Å². The second kappa shape index (κ2) is 9.82. The second-order valence-corrected chi connectivity index (χ2v) is 9.63. The zero-order valence-electron chi connectivity index (χ0n) is 20.1. The van der Waals surface area contributed by atoms with Crippen molar-refractivity contribution in [3.8, 4) is 5.75 Å². The van der Waals surface area contributed by atoms with Crippen LogP contribution < -0.4 is 4.74 Å². The van der Waals surface area contributed by atoms with Gasteiger partial charge in [-0.15, -0.1) is 0 Å². The molecule has 2 atom stereocenters. The molecular weight excluding hydrogens is 412 g/mol. The smallest absolute Gasteiger partial charge is 0.278 e. The molecule has 33 heavy (non-hydrogen) atoms. The number of hydrogen-bond donors (Lipinski definition) is 0. The van der Waals surface area contributed by atoms with E-state index in [1.165, 1.54) is 4.90 Å². The molecule has 1 fully saturated rings. The largest absolute Gasteiger partial charge is 0.494 e. The molecule has 0 N–H and O–H groups in total. The Hall–Kier alpha value is -3.08. The predicted molar refractivity (Wildman–Crippen MR) is 130 cm³/mol. The zero-order chi connectivity index (χ0) is 23.5. The maximum absolute atomic E-state index is 13.7. The number of carbonyl (C=O) groups excluding carboxylic acids is 2. The van der Waals surface area contributed by atoms with Gasteiger partial charge in [0.2, 0.25) is 0 Å². The molecule has 2 aliphatic heterocycles. The molecule has 0 aromatic heterocycles. The Morgan fingerprint density at radius 2 is 1.55 bits per heavy atom. The van der Waals surface area contributed by atoms with E-state index in [0.29, 0.717) is 29.7 Å². The topological polar surface area (TPSA) is 49.9 Å². The average Bonchev–Trinajstić information content (AvgIpc) is 3.03. The fraction of sp³-hybridized carbons (Fsp3) is 0.429. The van der Waals surface area contributed by atoms with Crippen molar-refractivity contribution in [3.63, 3.8) is 0 Å². The minimum Gasteiger partial charge on any atom is -0.494 e. The molecule has 0 aliphatic carbocycles. The Morgan fingerprint density at radius 3 is 2.15 bits per heavy atom. The van der Waals surface area contributed by atoms with Crippen LogP contribution in [0.1, 0.15) is 50.3 Å². The molecule has 1 saturated heterocycles. The predicted octanol–water partition coefficient (Wildman–Crippen LogP) is 5.04. The van der Waals surface area contributed by atoms with Crippen molar-refractivity contribution in [2.24, 2.45) is 11.8 Å². The number of ether oxygens (including phenoxy) is 1. The lowest BCUT2D eigenvalue weighted by Crippen LogP contribution is -2.41. The highest BCUT2D eigenvalue weighted by atomic mass is 16.5. The van der Waals surface area contributed by atoms with Crippen molar-refractivity contribution in [2.75, 3.05) is 19.7 Å². The van der Waals surface area contributed by atoms with E-state index in [1.54, 1.807) is 0 Å². The number of likely N-dealkylation sites (tertiary alicyclic amines) is 1. The van der Waals surface area contributed by atoms with E-state index in [1.807, 2.05) is 55.5 Å². The molecule has 2 aliphatic rings. The molecule has 0 spiro atoms. The monoisotopic (exact) mass is 446 g/mol. The lowest BCUT2D eigenvalue weighted by atomic mass is 9.91. The Bertz CT molecular complexity index is 1030. The summed E-state index contributed by atoms with van der Waals surface area (Å²) in [4.78, 5) is 30.9. The van der Waals surface area contributed by atoms with E-state index < -0.39 is 0 Å². The molecule has 2 aromatic rings. The standard InChI is InChI=1S/C28H34N2O3/c1-5-14-33-24-12-10-23(11-13-24)25-26(29-16-20(3)15-21(4)17-29)28(32)30(27(25)31)18-22-8-6-19(2)7-9-22/h6-13,20-21H,5,14-18H2,1-4H3. The summed E-state index contributed by atoms with van der Waals surface area (Å²) in [6.07, 6.45) is 2.07. The molecule has 2 unspecified atom stereocenters. The van der Waals surface area contributed by atoms with Gasteiger partial charge in [-0.25, -0.2) is 0 Å². The van der Waals surface area contributed by atoms with Gasteiger partial charge in [0.05, 0.1) is 18.7 Å². The van der Waals surface area contributed by atoms with E-state index >= 15 is 0 Å². The van der Waals surface area contributed by atoms with Crippen LogP contribution in [0.25, 0.3) is 5.57 Å². The fourth-order valence-corrected chi connectivity index (χ4v) is 4.92. The number of imide groups is 1. The van der Waals surface area contributed by atoms with Crippen LogP contribution in [0.4, 0.5) is 0 Å². The SMILES string of the molecule is CCCOc1ccc(C2=C(N3CC(C)CC(C)C3)C(=O)N(Cc3ccc(C)cc3)C2=O)cc1. The summed E-state index contributed by atoms with van der Waals surface area (Å²) in [6, 6.07) is 15.6. The number of benzene rings is 2. The molecule has 0 saturated carbocycles. The van der Waals surface area contributed by atoms with Crippen molar-refractivity contribution < 1.29 is 14.3 Å². The molecule has 2 amide bonds. The summed E-state index contributed by atoms with van der Waals surface area (Å²) in [5, 5.41) is 0. The molecule has 4 rings (SSSR count). The number of amides is 2. The average molecular weight is 447 g/mol. The van der Waals surface area contributed by atoms with E-state index in [-0.39, 0.29) is 18.4 Å². The molecule has 2 heterocycles. The van der Waals surface area contributed by atoms with Crippen LogP contribution in [0.5, 0.6) is 5.75 Å². The fourth-order valence-electron chi connectivity index (χ4n) is 4.92. The Morgan fingerprint density at radius 1 is 0.909 bits per heavy atom. The number of rotatable bonds is 7. The van der Waals surface area contributed by atoms with Crippen LogP contribution in [-0.2, 0) is 16.1 Å². The van der Waals surface area contributed by atoms with Gasteiger partial charge in [-0.05, 0) is 54.9 Å². The lowest BCUT2D eigenvalue weighted by molar-refractivity contribution is -0.138. The van der Waals surface area contributed by atoms with Gasteiger partial charge in [0, 0.05) is 13.1 Å². The van der Waals surface area contributed by atoms with Gasteiger partial charge in [-0.3, -0.25) is 14.5 Å². The van der Waals surface area contributed by atoms with Gasteiger partial charge in [0.25, 0.3) is 11.8 Å². The van der Waals surface area contributed by atoms with Gasteiger partial charge >= 0.3 is 0 Å². The first-order chi connectivity index (χ1) is 15.9. The Labute approximate surface area is 197 Å². The highest BCUT2D eigenvalue weighted by Gasteiger charge is 2.42. The number of piperidine rings is 1. The summed E-state index contributed by atoms with van der Waals surface area (Å²) in [7, 11) is 0. The highest BCUT2D eigenvalue weighted by Crippen LogP contribution is 2.36. The molecule has 2 aromatic carbocycles. The number of hydrogen-bond acceptors (Lipinski definition) is 4. The Balaban J connectivity index is 1.70. The highest BCUT2D eigenvalue weighted by molar-refractivity contribution is 6.35. The Kier molecular flexibility index (Phi) is 6.87. The molecule has 5 heteroatoms. The van der Waals surface area contributed by atoms with Crippen LogP contribution in [0.2, 0.25) is 0 Å². The summed E-state index contributed by atoms with van der Waals surface area (Å²) < 4.78 is 5.71. The quantitative estimate of drug-likeness (QED) is 0.559. The van der Waals surface area contributed by atoms with Crippen molar-refractivity contribution in [3.05, 3.63) is 70.9 Å². The molecule has 174 valence electrons. The van der Waals surface area contributed by atoms with E-state index in [0.717, 1.165) is 48.4 Å². The first-order valence-corrected chi connectivity index (χ1v) is 12.0. The third-order valence-electron chi connectivity index (χ3n) is 6.41. The van der Waals surface area contributed by atoms with Crippen molar-refractivity contribution in [1.29, 1.82) is 0 Å². The van der Waals surface area contributed by atoms with Crippen LogP contribution in [0.15, 0.2) is 54.2 Å². The maximum atomic E-state index is 13.7. The van der Waals surface area contributed by atoms with Gasteiger partial charge in [-0.2, -0.15) is 0 Å². The van der Waals surface area contributed by atoms with Gasteiger partial charge < -0.3 is 9.64 Å². The molecular formula is C28H34N2O3. The van der Waals surface area contributed by atoms with Crippen molar-refractivity contribution in [1.82, 2.24) is 9.80 Å². The van der Waals surface area contributed by atoms with Gasteiger partial charge in [0.1, 0.15) is 11.4 Å².